The van der Waals surface area contributed by atoms with Crippen molar-refractivity contribution in [2.75, 3.05) is 25.5 Å². The Morgan fingerprint density at radius 3 is 2.45 bits per heavy atom. The van der Waals surface area contributed by atoms with Crippen molar-refractivity contribution >= 4 is 37.5 Å². The first-order chi connectivity index (χ1) is 15.7. The van der Waals surface area contributed by atoms with Crippen molar-refractivity contribution in [2.45, 2.75) is 18.2 Å². The van der Waals surface area contributed by atoms with Crippen molar-refractivity contribution in [3.8, 4) is 5.75 Å². The first-order valence-corrected chi connectivity index (χ1v) is 12.4. The van der Waals surface area contributed by atoms with Crippen LogP contribution in [0.5, 0.6) is 5.75 Å². The molecule has 0 saturated heterocycles. The lowest BCUT2D eigenvalue weighted by atomic mass is 10.1. The predicted molar refractivity (Wildman–Crippen MR) is 129 cm³/mol. The Morgan fingerprint density at radius 2 is 1.82 bits per heavy atom. The summed E-state index contributed by atoms with van der Waals surface area (Å²) >= 11 is 3.16. The lowest BCUT2D eigenvalue weighted by Gasteiger charge is -2.22. The molecule has 0 radical (unpaired) electrons. The molecular formula is C24H24BrFN2O4S. The molecule has 3 rings (SSSR count). The number of halogens is 2. The number of ether oxygens (including phenoxy) is 1. The molecule has 0 aliphatic heterocycles. The summed E-state index contributed by atoms with van der Waals surface area (Å²) in [6.07, 6.45) is 0.412. The smallest absolute Gasteiger partial charge is 0.243 e. The number of amides is 1. The molecule has 0 aliphatic carbocycles. The molecule has 0 spiro atoms. The number of benzene rings is 3. The van der Waals surface area contributed by atoms with Gasteiger partial charge in [-0.25, -0.2) is 12.8 Å². The predicted octanol–water partition coefficient (Wildman–Crippen LogP) is 4.78. The van der Waals surface area contributed by atoms with Gasteiger partial charge >= 0.3 is 0 Å². The highest BCUT2D eigenvalue weighted by atomic mass is 79.9. The zero-order valence-corrected chi connectivity index (χ0v) is 20.6. The number of carbonyl (C=O) groups excluding carboxylic acids is 1. The maximum atomic E-state index is 14.1. The van der Waals surface area contributed by atoms with Crippen LogP contribution in [0, 0.1) is 12.7 Å². The average Bonchev–Trinajstić information content (AvgIpc) is 2.79. The van der Waals surface area contributed by atoms with Crippen LogP contribution >= 0.6 is 15.9 Å². The second-order valence-corrected chi connectivity index (χ2v) is 10.2. The number of carbonyl (C=O) groups is 1. The van der Waals surface area contributed by atoms with E-state index in [9.17, 15) is 17.6 Å². The van der Waals surface area contributed by atoms with Crippen LogP contribution in [0.25, 0.3) is 0 Å². The normalized spacial score (nSPS) is 11.4. The maximum absolute atomic E-state index is 14.1. The van der Waals surface area contributed by atoms with Crippen molar-refractivity contribution in [3.05, 3.63) is 88.1 Å². The highest BCUT2D eigenvalue weighted by molar-refractivity contribution is 9.10. The molecule has 0 aromatic heterocycles. The summed E-state index contributed by atoms with van der Waals surface area (Å²) < 4.78 is 47.9. The van der Waals surface area contributed by atoms with Gasteiger partial charge in [0.25, 0.3) is 0 Å². The van der Waals surface area contributed by atoms with Crippen LogP contribution in [0.4, 0.5) is 10.1 Å². The Kier molecular flexibility index (Phi) is 8.23. The molecule has 3 aromatic carbocycles. The van der Waals surface area contributed by atoms with E-state index in [1.165, 1.54) is 31.4 Å². The summed E-state index contributed by atoms with van der Waals surface area (Å²) in [4.78, 5) is 12.8. The van der Waals surface area contributed by atoms with E-state index < -0.39 is 28.3 Å². The molecule has 3 aromatic rings. The zero-order chi connectivity index (χ0) is 24.0. The number of nitrogens with one attached hydrogen (secondary N) is 1. The Morgan fingerprint density at radius 1 is 1.09 bits per heavy atom. The molecular weight excluding hydrogens is 511 g/mol. The second-order valence-electron chi connectivity index (χ2n) is 7.38. The third kappa shape index (κ3) is 6.40. The maximum Gasteiger partial charge on any atom is 0.243 e. The molecule has 0 bridgehead atoms. The topological polar surface area (TPSA) is 75.7 Å². The SMILES string of the molecule is COc1ccc(S(=O)(=O)N(CCc2ccccc2)CC(=O)Nc2ccc(Br)cc2F)cc1C. The lowest BCUT2D eigenvalue weighted by molar-refractivity contribution is -0.116. The number of anilines is 1. The third-order valence-corrected chi connectivity index (χ3v) is 7.36. The van der Waals surface area contributed by atoms with E-state index in [2.05, 4.69) is 21.2 Å². The van der Waals surface area contributed by atoms with Gasteiger partial charge in [-0.05, 0) is 60.9 Å². The number of aryl methyl sites for hydroxylation is 1. The van der Waals surface area contributed by atoms with Crippen LogP contribution in [-0.4, -0.2) is 38.8 Å². The van der Waals surface area contributed by atoms with Gasteiger partial charge in [0.1, 0.15) is 11.6 Å². The molecule has 1 amide bonds. The van der Waals surface area contributed by atoms with Crippen molar-refractivity contribution in [1.82, 2.24) is 4.31 Å². The fourth-order valence-corrected chi connectivity index (χ4v) is 5.10. The van der Waals surface area contributed by atoms with Crippen LogP contribution in [0.15, 0.2) is 76.1 Å². The minimum absolute atomic E-state index is 0.0242. The lowest BCUT2D eigenvalue weighted by Crippen LogP contribution is -2.39. The highest BCUT2D eigenvalue weighted by Crippen LogP contribution is 2.24. The van der Waals surface area contributed by atoms with Crippen molar-refractivity contribution in [1.29, 1.82) is 0 Å². The molecule has 0 fully saturated rings. The Labute approximate surface area is 201 Å². The Hall–Kier alpha value is -2.75. The standard InChI is InChI=1S/C24H24BrFN2O4S/c1-17-14-20(9-11-23(17)32-2)33(30,31)28(13-12-18-6-4-3-5-7-18)16-24(29)27-22-10-8-19(25)15-21(22)26/h3-11,14-15H,12-13,16H2,1-2H3,(H,27,29). The zero-order valence-electron chi connectivity index (χ0n) is 18.2. The summed E-state index contributed by atoms with van der Waals surface area (Å²) in [6.45, 7) is 1.36. The van der Waals surface area contributed by atoms with Crippen LogP contribution in [0.1, 0.15) is 11.1 Å². The fraction of sp³-hybridized carbons (Fsp3) is 0.208. The van der Waals surface area contributed by atoms with Gasteiger partial charge in [0, 0.05) is 11.0 Å². The summed E-state index contributed by atoms with van der Waals surface area (Å²) in [7, 11) is -2.50. The summed E-state index contributed by atoms with van der Waals surface area (Å²) in [5.41, 5.74) is 1.56. The molecule has 33 heavy (non-hydrogen) atoms. The summed E-state index contributed by atoms with van der Waals surface area (Å²) in [5.74, 6) is -0.700. The fourth-order valence-electron chi connectivity index (χ4n) is 3.28. The van der Waals surface area contributed by atoms with Gasteiger partial charge in [-0.2, -0.15) is 4.31 Å². The minimum Gasteiger partial charge on any atom is -0.496 e. The molecule has 6 nitrogen and oxygen atoms in total. The first kappa shape index (κ1) is 24.9. The van der Waals surface area contributed by atoms with Crippen LogP contribution in [0.3, 0.4) is 0 Å². The molecule has 0 unspecified atom stereocenters. The molecule has 174 valence electrons. The van der Waals surface area contributed by atoms with Gasteiger partial charge < -0.3 is 10.1 Å². The van der Waals surface area contributed by atoms with E-state index in [1.807, 2.05) is 30.3 Å². The van der Waals surface area contributed by atoms with Crippen molar-refractivity contribution < 1.29 is 22.3 Å². The van der Waals surface area contributed by atoms with Crippen LogP contribution < -0.4 is 10.1 Å². The van der Waals surface area contributed by atoms with Gasteiger partial charge in [-0.15, -0.1) is 0 Å². The molecule has 0 heterocycles. The highest BCUT2D eigenvalue weighted by Gasteiger charge is 2.27. The number of rotatable bonds is 9. The summed E-state index contributed by atoms with van der Waals surface area (Å²) in [5, 5.41) is 2.46. The minimum atomic E-state index is -4.01. The van der Waals surface area contributed by atoms with Crippen LogP contribution in [0.2, 0.25) is 0 Å². The third-order valence-electron chi connectivity index (χ3n) is 5.02. The second kappa shape index (κ2) is 10.9. The van der Waals surface area contributed by atoms with Gasteiger partial charge in [0.2, 0.25) is 15.9 Å². The molecule has 9 heteroatoms. The Balaban J connectivity index is 1.86. The monoisotopic (exact) mass is 534 g/mol. The number of nitrogens with zero attached hydrogens (tertiary/aromatic N) is 1. The van der Waals surface area contributed by atoms with Gasteiger partial charge in [-0.1, -0.05) is 46.3 Å². The Bertz CT molecular complexity index is 1240. The first-order valence-electron chi connectivity index (χ1n) is 10.1. The number of hydrogen-bond donors (Lipinski definition) is 1. The van der Waals surface area contributed by atoms with Gasteiger partial charge in [0.15, 0.2) is 0 Å². The average molecular weight is 535 g/mol. The number of sulfonamides is 1. The molecule has 0 aliphatic rings. The van der Waals surface area contributed by atoms with E-state index in [0.717, 1.165) is 9.87 Å². The van der Waals surface area contributed by atoms with E-state index in [-0.39, 0.29) is 17.1 Å². The number of hydrogen-bond acceptors (Lipinski definition) is 4. The van der Waals surface area contributed by atoms with Crippen LogP contribution in [-0.2, 0) is 21.2 Å². The van der Waals surface area contributed by atoms with Gasteiger partial charge in [-0.3, -0.25) is 4.79 Å². The van der Waals surface area contributed by atoms with E-state index in [1.54, 1.807) is 19.1 Å². The van der Waals surface area contributed by atoms with Crippen molar-refractivity contribution in [3.63, 3.8) is 0 Å². The molecule has 0 saturated carbocycles. The van der Waals surface area contributed by atoms with Crippen molar-refractivity contribution in [2.24, 2.45) is 0 Å². The van der Waals surface area contributed by atoms with Gasteiger partial charge in [0.05, 0.1) is 24.2 Å². The largest absolute Gasteiger partial charge is 0.496 e. The van der Waals surface area contributed by atoms with E-state index in [4.69, 9.17) is 4.74 Å². The number of methoxy groups -OCH3 is 1. The van der Waals surface area contributed by atoms with E-state index >= 15 is 0 Å². The molecule has 1 N–H and O–H groups in total. The quantitative estimate of drug-likeness (QED) is 0.428. The summed E-state index contributed by atoms with van der Waals surface area (Å²) in [6, 6.07) is 18.1. The molecule has 0 atom stereocenters. The van der Waals surface area contributed by atoms with E-state index in [0.29, 0.717) is 22.2 Å².